The molecule has 0 aliphatic carbocycles. The van der Waals surface area contributed by atoms with Crippen LogP contribution in [0.3, 0.4) is 0 Å². The number of para-hydroxylation sites is 3. The Kier molecular flexibility index (Phi) is 4.66. The minimum absolute atomic E-state index is 0.0991. The lowest BCUT2D eigenvalue weighted by molar-refractivity contribution is 0.472. The van der Waals surface area contributed by atoms with Crippen molar-refractivity contribution in [3.8, 4) is 5.75 Å². The molecule has 0 unspecified atom stereocenters. The van der Waals surface area contributed by atoms with Gasteiger partial charge in [-0.1, -0.05) is 31.2 Å². The van der Waals surface area contributed by atoms with E-state index in [-0.39, 0.29) is 11.5 Å². The second-order valence-electron chi connectivity index (χ2n) is 5.83. The molecule has 6 heteroatoms. The van der Waals surface area contributed by atoms with Gasteiger partial charge in [0.15, 0.2) is 9.84 Å². The van der Waals surface area contributed by atoms with Gasteiger partial charge in [0.1, 0.15) is 5.75 Å². The van der Waals surface area contributed by atoms with E-state index in [9.17, 15) is 13.5 Å². The number of anilines is 2. The number of aromatic hydroxyl groups is 1. The fourth-order valence-corrected chi connectivity index (χ4v) is 4.17. The van der Waals surface area contributed by atoms with Crippen molar-refractivity contribution in [1.82, 2.24) is 0 Å². The third-order valence-electron chi connectivity index (χ3n) is 4.42. The molecule has 0 amide bonds. The standard InChI is InChI=1S/C18H22N2O3S/c1-2-24(22,23)18-10-6-4-8-16(18)20-13-11-19(12-14-20)15-7-3-5-9-17(15)21/h3-10,21H,2,11-14H2,1H3. The molecule has 2 aromatic carbocycles. The Morgan fingerprint density at radius 2 is 1.38 bits per heavy atom. The Hall–Kier alpha value is -2.21. The summed E-state index contributed by atoms with van der Waals surface area (Å²) in [5.74, 6) is 0.377. The molecule has 1 heterocycles. The van der Waals surface area contributed by atoms with Crippen LogP contribution < -0.4 is 9.80 Å². The van der Waals surface area contributed by atoms with Gasteiger partial charge in [-0.05, 0) is 24.3 Å². The highest BCUT2D eigenvalue weighted by Gasteiger charge is 2.24. The van der Waals surface area contributed by atoms with Crippen molar-refractivity contribution >= 4 is 21.2 Å². The van der Waals surface area contributed by atoms with Crippen LogP contribution >= 0.6 is 0 Å². The Bertz CT molecular complexity index is 813. The van der Waals surface area contributed by atoms with Crippen LogP contribution in [-0.4, -0.2) is 45.5 Å². The molecule has 2 aromatic rings. The molecule has 0 atom stereocenters. The summed E-state index contributed by atoms with van der Waals surface area (Å²) in [6.45, 7) is 4.56. The number of hydrogen-bond acceptors (Lipinski definition) is 5. The van der Waals surface area contributed by atoms with Gasteiger partial charge < -0.3 is 14.9 Å². The molecule has 1 N–H and O–H groups in total. The average Bonchev–Trinajstić information content (AvgIpc) is 2.62. The second kappa shape index (κ2) is 6.73. The van der Waals surface area contributed by atoms with E-state index < -0.39 is 9.84 Å². The number of benzene rings is 2. The smallest absolute Gasteiger partial charge is 0.180 e. The van der Waals surface area contributed by atoms with E-state index in [0.29, 0.717) is 18.0 Å². The highest BCUT2D eigenvalue weighted by Crippen LogP contribution is 2.30. The van der Waals surface area contributed by atoms with Crippen LogP contribution in [0.25, 0.3) is 0 Å². The van der Waals surface area contributed by atoms with Crippen LogP contribution in [-0.2, 0) is 9.84 Å². The number of phenols is 1. The Labute approximate surface area is 143 Å². The van der Waals surface area contributed by atoms with E-state index in [1.165, 1.54) is 0 Å². The Balaban J connectivity index is 1.80. The van der Waals surface area contributed by atoms with E-state index in [0.717, 1.165) is 24.5 Å². The summed E-state index contributed by atoms with van der Waals surface area (Å²) < 4.78 is 24.6. The summed E-state index contributed by atoms with van der Waals surface area (Å²) in [5, 5.41) is 9.99. The van der Waals surface area contributed by atoms with Crippen molar-refractivity contribution in [2.45, 2.75) is 11.8 Å². The zero-order valence-corrected chi connectivity index (χ0v) is 14.5. The molecule has 1 aliphatic heterocycles. The quantitative estimate of drug-likeness (QED) is 0.922. The molecule has 0 radical (unpaired) electrons. The maximum Gasteiger partial charge on any atom is 0.180 e. The minimum Gasteiger partial charge on any atom is -0.506 e. The molecule has 0 spiro atoms. The summed E-state index contributed by atoms with van der Waals surface area (Å²) in [6, 6.07) is 14.5. The molecule has 0 bridgehead atoms. The number of hydrogen-bond donors (Lipinski definition) is 1. The fraction of sp³-hybridized carbons (Fsp3) is 0.333. The molecule has 1 aliphatic rings. The minimum atomic E-state index is -3.25. The zero-order valence-electron chi connectivity index (χ0n) is 13.7. The summed E-state index contributed by atoms with van der Waals surface area (Å²) in [4.78, 5) is 4.64. The fourth-order valence-electron chi connectivity index (χ4n) is 3.06. The van der Waals surface area contributed by atoms with Gasteiger partial charge in [0.05, 0.1) is 22.0 Å². The SMILES string of the molecule is CCS(=O)(=O)c1ccccc1N1CCN(c2ccccc2O)CC1. The van der Waals surface area contributed by atoms with Gasteiger partial charge in [-0.2, -0.15) is 0 Å². The van der Waals surface area contributed by atoms with Crippen LogP contribution in [0.1, 0.15) is 6.92 Å². The van der Waals surface area contributed by atoms with E-state index in [4.69, 9.17) is 0 Å². The molecule has 1 fully saturated rings. The van der Waals surface area contributed by atoms with Gasteiger partial charge in [-0.25, -0.2) is 8.42 Å². The first kappa shape index (κ1) is 16.6. The lowest BCUT2D eigenvalue weighted by Crippen LogP contribution is -2.47. The third kappa shape index (κ3) is 3.19. The van der Waals surface area contributed by atoms with Crippen molar-refractivity contribution in [2.75, 3.05) is 41.7 Å². The summed E-state index contributed by atoms with van der Waals surface area (Å²) in [5.41, 5.74) is 1.60. The lowest BCUT2D eigenvalue weighted by Gasteiger charge is -2.38. The molecule has 1 saturated heterocycles. The molecular formula is C18H22N2O3S. The van der Waals surface area contributed by atoms with Crippen LogP contribution in [0.4, 0.5) is 11.4 Å². The number of piperazine rings is 1. The largest absolute Gasteiger partial charge is 0.506 e. The van der Waals surface area contributed by atoms with Crippen molar-refractivity contribution in [2.24, 2.45) is 0 Å². The normalized spacial score (nSPS) is 15.5. The second-order valence-corrected chi connectivity index (χ2v) is 8.08. The maximum absolute atomic E-state index is 12.3. The van der Waals surface area contributed by atoms with Crippen molar-refractivity contribution in [3.05, 3.63) is 48.5 Å². The molecule has 3 rings (SSSR count). The topological polar surface area (TPSA) is 60.9 Å². The van der Waals surface area contributed by atoms with Gasteiger partial charge >= 0.3 is 0 Å². The lowest BCUT2D eigenvalue weighted by atomic mass is 10.2. The number of sulfone groups is 1. The molecule has 128 valence electrons. The molecule has 0 aromatic heterocycles. The first-order valence-electron chi connectivity index (χ1n) is 8.12. The van der Waals surface area contributed by atoms with Gasteiger partial charge in [0, 0.05) is 26.2 Å². The molecule has 5 nitrogen and oxygen atoms in total. The van der Waals surface area contributed by atoms with E-state index in [1.54, 1.807) is 31.2 Å². The summed E-state index contributed by atoms with van der Waals surface area (Å²) in [6.07, 6.45) is 0. The average molecular weight is 346 g/mol. The predicted octanol–water partition coefficient (Wildman–Crippen LogP) is 2.51. The highest BCUT2D eigenvalue weighted by atomic mass is 32.2. The van der Waals surface area contributed by atoms with Crippen LogP contribution in [0.5, 0.6) is 5.75 Å². The van der Waals surface area contributed by atoms with Crippen LogP contribution in [0.15, 0.2) is 53.4 Å². The monoisotopic (exact) mass is 346 g/mol. The predicted molar refractivity (Wildman–Crippen MR) is 96.7 cm³/mol. The first-order chi connectivity index (χ1) is 11.5. The van der Waals surface area contributed by atoms with Crippen molar-refractivity contribution in [3.63, 3.8) is 0 Å². The number of rotatable bonds is 4. The Morgan fingerprint density at radius 3 is 1.96 bits per heavy atom. The van der Waals surface area contributed by atoms with Crippen molar-refractivity contribution < 1.29 is 13.5 Å². The maximum atomic E-state index is 12.3. The number of phenolic OH excluding ortho intramolecular Hbond substituents is 1. The molecular weight excluding hydrogens is 324 g/mol. The van der Waals surface area contributed by atoms with Crippen LogP contribution in [0, 0.1) is 0 Å². The van der Waals surface area contributed by atoms with E-state index in [2.05, 4.69) is 9.80 Å². The van der Waals surface area contributed by atoms with Gasteiger partial charge in [0.25, 0.3) is 0 Å². The van der Waals surface area contributed by atoms with Gasteiger partial charge in [0.2, 0.25) is 0 Å². The van der Waals surface area contributed by atoms with E-state index in [1.807, 2.05) is 24.3 Å². The van der Waals surface area contributed by atoms with Gasteiger partial charge in [-0.3, -0.25) is 0 Å². The van der Waals surface area contributed by atoms with Gasteiger partial charge in [-0.15, -0.1) is 0 Å². The third-order valence-corrected chi connectivity index (χ3v) is 6.20. The number of nitrogens with zero attached hydrogens (tertiary/aromatic N) is 2. The van der Waals surface area contributed by atoms with E-state index >= 15 is 0 Å². The first-order valence-corrected chi connectivity index (χ1v) is 9.78. The zero-order chi connectivity index (χ0) is 17.2. The Morgan fingerprint density at radius 1 is 0.875 bits per heavy atom. The molecule has 24 heavy (non-hydrogen) atoms. The molecule has 0 saturated carbocycles. The summed E-state index contributed by atoms with van der Waals surface area (Å²) >= 11 is 0. The summed E-state index contributed by atoms with van der Waals surface area (Å²) in [7, 11) is -3.25. The highest BCUT2D eigenvalue weighted by molar-refractivity contribution is 7.91. The van der Waals surface area contributed by atoms with Crippen LogP contribution in [0.2, 0.25) is 0 Å². The van der Waals surface area contributed by atoms with Crippen molar-refractivity contribution in [1.29, 1.82) is 0 Å².